The third-order valence-electron chi connectivity index (χ3n) is 6.87. The Morgan fingerprint density at radius 3 is 1.80 bits per heavy atom. The van der Waals surface area contributed by atoms with Crippen LogP contribution in [0, 0.1) is 6.07 Å². The largest absolute Gasteiger partial charge is 1.00 e. The van der Waals surface area contributed by atoms with E-state index in [-0.39, 0.29) is 58.2 Å². The van der Waals surface area contributed by atoms with Gasteiger partial charge in [0.15, 0.2) is 0 Å². The molecular weight excluding hydrogens is 510 g/mol. The molecule has 0 bridgehead atoms. The van der Waals surface area contributed by atoms with E-state index >= 15 is 0 Å². The van der Waals surface area contributed by atoms with Crippen molar-refractivity contribution in [2.24, 2.45) is 0 Å². The van der Waals surface area contributed by atoms with Gasteiger partial charge in [-0.15, -0.1) is 5.56 Å². The number of fused-ring (bicyclic) bond motifs is 2. The van der Waals surface area contributed by atoms with Crippen molar-refractivity contribution >= 4 is 17.7 Å². The maximum atomic E-state index is 12.1. The van der Waals surface area contributed by atoms with Crippen molar-refractivity contribution in [3.8, 4) is 11.5 Å². The molecule has 0 aliphatic carbocycles. The number of carbonyl (C=O) groups is 1. The van der Waals surface area contributed by atoms with Gasteiger partial charge in [0, 0.05) is 67.9 Å². The average Bonchev–Trinajstić information content (AvgIpc) is 2.88. The summed E-state index contributed by atoms with van der Waals surface area (Å²) in [5.74, 6) is 1.47. The smallest absolute Gasteiger partial charge is 0.456 e. The van der Waals surface area contributed by atoms with Crippen LogP contribution < -0.4 is 72.7 Å². The number of nitrogens with zero attached hydrogens (tertiary/aromatic N) is 2. The van der Waals surface area contributed by atoms with E-state index in [2.05, 4.69) is 80.0 Å². The second-order valence-corrected chi connectivity index (χ2v) is 8.32. The molecule has 0 aromatic heterocycles. The third-order valence-corrected chi connectivity index (χ3v) is 6.87. The predicted molar refractivity (Wildman–Crippen MR) is 138 cm³/mol. The van der Waals surface area contributed by atoms with E-state index in [1.807, 2.05) is 12.1 Å². The van der Waals surface area contributed by atoms with Crippen molar-refractivity contribution in [3.63, 3.8) is 0 Å². The predicted octanol–water partition coefficient (Wildman–Crippen LogP) is 3.04. The number of rotatable bonds is 9. The topological polar surface area (TPSA) is 42.0 Å². The summed E-state index contributed by atoms with van der Waals surface area (Å²) in [5, 5.41) is 0. The second kappa shape index (κ2) is 12.2. The second-order valence-electron chi connectivity index (χ2n) is 8.32. The fraction of sp³-hybridized carbons (Fsp3) is 0.345. The van der Waals surface area contributed by atoms with Crippen molar-refractivity contribution < 1.29 is 72.5 Å². The molecule has 3 aromatic carbocycles. The number of methoxy groups -OCH3 is 1. The molecule has 178 valence electrons. The summed E-state index contributed by atoms with van der Waals surface area (Å²) >= 11 is 0. The van der Waals surface area contributed by atoms with Gasteiger partial charge in [-0.3, -0.25) is 0 Å². The number of hydrogen-bond acceptors (Lipinski definition) is 5. The summed E-state index contributed by atoms with van der Waals surface area (Å²) in [4.78, 5) is 16.6. The molecule has 1 aliphatic heterocycles. The van der Waals surface area contributed by atoms with Crippen LogP contribution in [0.15, 0.2) is 54.6 Å². The van der Waals surface area contributed by atoms with Crippen molar-refractivity contribution in [1.29, 1.82) is 0 Å². The minimum absolute atomic E-state index is 0. The van der Waals surface area contributed by atoms with Crippen LogP contribution in [0.5, 0.6) is 11.5 Å². The van der Waals surface area contributed by atoms with Gasteiger partial charge in [-0.05, 0) is 52.0 Å². The van der Waals surface area contributed by atoms with Gasteiger partial charge in [0.05, 0.1) is 6.29 Å². The van der Waals surface area contributed by atoms with E-state index in [4.69, 9.17) is 9.47 Å². The summed E-state index contributed by atoms with van der Waals surface area (Å²) in [6.45, 7) is 12.2. The molecule has 0 spiro atoms. The minimum atomic E-state index is -0.988. The van der Waals surface area contributed by atoms with Gasteiger partial charge in [0.1, 0.15) is 17.1 Å². The summed E-state index contributed by atoms with van der Waals surface area (Å²) < 4.78 is 12.9. The van der Waals surface area contributed by atoms with Crippen LogP contribution in [0.4, 0.5) is 11.4 Å². The number of anilines is 2. The van der Waals surface area contributed by atoms with E-state index in [1.165, 1.54) is 0 Å². The number of hydrogen-bond donors (Lipinski definition) is 0. The molecule has 35 heavy (non-hydrogen) atoms. The van der Waals surface area contributed by atoms with Crippen molar-refractivity contribution in [2.75, 3.05) is 43.1 Å². The van der Waals surface area contributed by atoms with Crippen LogP contribution in [0.3, 0.4) is 0 Å². The molecular formula is C29H33N2O3Rb. The summed E-state index contributed by atoms with van der Waals surface area (Å²) in [6.07, 6.45) is 0.871. The first-order chi connectivity index (χ1) is 16.6. The van der Waals surface area contributed by atoms with Crippen LogP contribution in [0.1, 0.15) is 54.7 Å². The fourth-order valence-corrected chi connectivity index (χ4v) is 5.09. The maximum absolute atomic E-state index is 12.1. The van der Waals surface area contributed by atoms with Crippen molar-refractivity contribution in [1.82, 2.24) is 0 Å². The molecule has 0 saturated heterocycles. The molecule has 0 amide bonds. The van der Waals surface area contributed by atoms with Gasteiger partial charge < -0.3 is 24.1 Å². The molecule has 1 aliphatic rings. The Morgan fingerprint density at radius 2 is 1.37 bits per heavy atom. The van der Waals surface area contributed by atoms with Gasteiger partial charge in [-0.2, -0.15) is 24.3 Å². The standard InChI is InChI=1S/C29H33N2O3.Rb/c1-6-30(7-2)22-14-16-25-27(18-22)34-28-19-23(31(8-3)9-4)15-17-26(28)29(25,33-5)24-13-11-10-12-21(24)20-32;/h11-20H,6-9H2,1-5H3;/q-1;+1. The normalized spacial score (nSPS) is 13.1. The van der Waals surface area contributed by atoms with Crippen molar-refractivity contribution in [2.45, 2.75) is 33.3 Å². The summed E-state index contributed by atoms with van der Waals surface area (Å²) in [7, 11) is 1.70. The van der Waals surface area contributed by atoms with Crippen LogP contribution in [0.2, 0.25) is 0 Å². The number of carbonyl (C=O) groups excluding carboxylic acids is 1. The van der Waals surface area contributed by atoms with Gasteiger partial charge in [0.2, 0.25) is 0 Å². The first-order valence-electron chi connectivity index (χ1n) is 12.0. The quantitative estimate of drug-likeness (QED) is 0.307. The van der Waals surface area contributed by atoms with E-state index in [1.54, 1.807) is 13.2 Å². The Bertz CT molecular complexity index is 1110. The molecule has 6 heteroatoms. The number of ether oxygens (including phenoxy) is 2. The fourth-order valence-electron chi connectivity index (χ4n) is 5.09. The third kappa shape index (κ3) is 4.90. The van der Waals surface area contributed by atoms with Gasteiger partial charge in [0.25, 0.3) is 0 Å². The molecule has 0 atom stereocenters. The molecule has 0 radical (unpaired) electrons. The minimum Gasteiger partial charge on any atom is -0.456 e. The van der Waals surface area contributed by atoms with Crippen LogP contribution in [0.25, 0.3) is 0 Å². The molecule has 4 rings (SSSR count). The number of aldehydes is 1. The van der Waals surface area contributed by atoms with E-state index < -0.39 is 5.60 Å². The zero-order chi connectivity index (χ0) is 24.3. The average molecular weight is 543 g/mol. The van der Waals surface area contributed by atoms with Crippen LogP contribution >= 0.6 is 0 Å². The maximum Gasteiger partial charge on any atom is 1.00 e. The van der Waals surface area contributed by atoms with Crippen LogP contribution in [-0.4, -0.2) is 39.6 Å². The first kappa shape index (κ1) is 28.1. The number of benzene rings is 3. The summed E-state index contributed by atoms with van der Waals surface area (Å²) in [5.41, 5.74) is 4.28. The van der Waals surface area contributed by atoms with Gasteiger partial charge >= 0.3 is 58.2 Å². The van der Waals surface area contributed by atoms with E-state index in [0.717, 1.165) is 72.0 Å². The van der Waals surface area contributed by atoms with E-state index in [0.29, 0.717) is 5.56 Å². The van der Waals surface area contributed by atoms with Gasteiger partial charge in [-0.1, -0.05) is 5.56 Å². The molecule has 1 heterocycles. The zero-order valence-electron chi connectivity index (χ0n) is 21.7. The first-order valence-corrected chi connectivity index (χ1v) is 12.0. The monoisotopic (exact) mass is 542 g/mol. The Balaban J connectivity index is 0.00000342. The van der Waals surface area contributed by atoms with E-state index in [9.17, 15) is 4.79 Å². The Morgan fingerprint density at radius 1 is 0.857 bits per heavy atom. The molecule has 3 aromatic rings. The Kier molecular flexibility index (Phi) is 9.75. The molecule has 0 fully saturated rings. The van der Waals surface area contributed by atoms with Gasteiger partial charge in [-0.25, -0.2) is 0 Å². The SMILES string of the molecule is CCN(CC)c1ccc2c(c1)Oc1cc(N(CC)CC)ccc1C2(OC)c1cc[c-]cc1C=O.[Rb+]. The Labute approximate surface area is 258 Å². The zero-order valence-corrected chi connectivity index (χ0v) is 26.6. The molecule has 0 saturated carbocycles. The molecule has 5 nitrogen and oxygen atoms in total. The molecule has 0 N–H and O–H groups in total. The Hall–Kier alpha value is -1.50. The van der Waals surface area contributed by atoms with Crippen LogP contribution in [-0.2, 0) is 10.3 Å². The summed E-state index contributed by atoms with van der Waals surface area (Å²) in [6, 6.07) is 21.0. The molecule has 0 unspecified atom stereocenters. The van der Waals surface area contributed by atoms with Crippen molar-refractivity contribution in [3.05, 3.63) is 82.9 Å².